The molecule has 5 heteroatoms. The summed E-state index contributed by atoms with van der Waals surface area (Å²) in [6.45, 7) is 1.29. The zero-order valence-electron chi connectivity index (χ0n) is 10.2. The fourth-order valence-corrected chi connectivity index (χ4v) is 1.40. The SMILES string of the molecule is CC(=O)Oc1ccnc(OC(=O)c2ccccc2)c1. The van der Waals surface area contributed by atoms with Gasteiger partial charge in [0.05, 0.1) is 5.56 Å². The number of benzene rings is 1. The number of esters is 2. The molecule has 0 saturated heterocycles. The summed E-state index contributed by atoms with van der Waals surface area (Å²) >= 11 is 0. The molecule has 2 rings (SSSR count). The van der Waals surface area contributed by atoms with Crippen LogP contribution in [0.1, 0.15) is 17.3 Å². The van der Waals surface area contributed by atoms with Crippen LogP contribution in [-0.2, 0) is 4.79 Å². The van der Waals surface area contributed by atoms with Gasteiger partial charge in [0.1, 0.15) is 5.75 Å². The molecule has 0 aliphatic carbocycles. The predicted molar refractivity (Wildman–Crippen MR) is 66.9 cm³/mol. The van der Waals surface area contributed by atoms with Crippen molar-refractivity contribution in [2.75, 3.05) is 0 Å². The van der Waals surface area contributed by atoms with Crippen molar-refractivity contribution < 1.29 is 19.1 Å². The maximum Gasteiger partial charge on any atom is 0.344 e. The van der Waals surface area contributed by atoms with Crippen LogP contribution in [0.3, 0.4) is 0 Å². The van der Waals surface area contributed by atoms with Crippen LogP contribution >= 0.6 is 0 Å². The monoisotopic (exact) mass is 257 g/mol. The molecule has 19 heavy (non-hydrogen) atoms. The van der Waals surface area contributed by atoms with E-state index < -0.39 is 11.9 Å². The van der Waals surface area contributed by atoms with E-state index in [0.717, 1.165) is 0 Å². The summed E-state index contributed by atoms with van der Waals surface area (Å²) < 4.78 is 9.95. The first kappa shape index (κ1) is 12.8. The Morgan fingerprint density at radius 2 is 1.79 bits per heavy atom. The van der Waals surface area contributed by atoms with Gasteiger partial charge in [-0.05, 0) is 18.2 Å². The average molecular weight is 257 g/mol. The molecule has 1 aromatic heterocycles. The van der Waals surface area contributed by atoms with E-state index in [1.807, 2.05) is 0 Å². The minimum absolute atomic E-state index is 0.0765. The minimum atomic E-state index is -0.520. The molecule has 0 amide bonds. The van der Waals surface area contributed by atoms with Gasteiger partial charge in [-0.1, -0.05) is 18.2 Å². The molecule has 5 nitrogen and oxygen atoms in total. The Bertz CT molecular complexity index is 595. The third-order valence-electron chi connectivity index (χ3n) is 2.17. The van der Waals surface area contributed by atoms with Gasteiger partial charge in [-0.25, -0.2) is 9.78 Å². The van der Waals surface area contributed by atoms with Gasteiger partial charge < -0.3 is 9.47 Å². The maximum absolute atomic E-state index is 11.8. The van der Waals surface area contributed by atoms with E-state index in [-0.39, 0.29) is 11.6 Å². The summed E-state index contributed by atoms with van der Waals surface area (Å²) in [4.78, 5) is 26.5. The lowest BCUT2D eigenvalue weighted by molar-refractivity contribution is -0.131. The van der Waals surface area contributed by atoms with Crippen molar-refractivity contribution in [2.45, 2.75) is 6.92 Å². The lowest BCUT2D eigenvalue weighted by Crippen LogP contribution is -2.09. The zero-order valence-corrected chi connectivity index (χ0v) is 10.2. The van der Waals surface area contributed by atoms with Crippen LogP contribution in [0.2, 0.25) is 0 Å². The van der Waals surface area contributed by atoms with E-state index in [1.54, 1.807) is 30.3 Å². The van der Waals surface area contributed by atoms with Gasteiger partial charge in [0.2, 0.25) is 5.88 Å². The fourth-order valence-electron chi connectivity index (χ4n) is 1.40. The smallest absolute Gasteiger partial charge is 0.344 e. The zero-order chi connectivity index (χ0) is 13.7. The molecule has 1 heterocycles. The van der Waals surface area contributed by atoms with Crippen molar-refractivity contribution in [3.05, 3.63) is 54.2 Å². The second kappa shape index (κ2) is 5.77. The van der Waals surface area contributed by atoms with Crippen molar-refractivity contribution in [3.8, 4) is 11.6 Å². The van der Waals surface area contributed by atoms with Crippen LogP contribution < -0.4 is 9.47 Å². The molecule has 0 saturated carbocycles. The number of carbonyl (C=O) groups is 2. The number of carbonyl (C=O) groups excluding carboxylic acids is 2. The summed E-state index contributed by atoms with van der Waals surface area (Å²) in [6.07, 6.45) is 1.39. The Kier molecular flexibility index (Phi) is 3.87. The Morgan fingerprint density at radius 1 is 1.05 bits per heavy atom. The molecule has 0 spiro atoms. The largest absolute Gasteiger partial charge is 0.426 e. The van der Waals surface area contributed by atoms with Gasteiger partial charge in [-0.15, -0.1) is 0 Å². The second-order valence-corrected chi connectivity index (χ2v) is 3.68. The highest BCUT2D eigenvalue weighted by atomic mass is 16.5. The molecule has 0 fully saturated rings. The van der Waals surface area contributed by atoms with Crippen molar-refractivity contribution in [3.63, 3.8) is 0 Å². The Hall–Kier alpha value is -2.69. The molecule has 0 unspecified atom stereocenters. The summed E-state index contributed by atoms with van der Waals surface area (Å²) in [5.41, 5.74) is 0.419. The number of nitrogens with zero attached hydrogens (tertiary/aromatic N) is 1. The summed E-state index contributed by atoms with van der Waals surface area (Å²) in [5, 5.41) is 0. The molecule has 0 bridgehead atoms. The van der Waals surface area contributed by atoms with Crippen molar-refractivity contribution in [1.29, 1.82) is 0 Å². The molecular weight excluding hydrogens is 246 g/mol. The van der Waals surface area contributed by atoms with E-state index in [4.69, 9.17) is 9.47 Å². The highest BCUT2D eigenvalue weighted by molar-refractivity contribution is 5.90. The van der Waals surface area contributed by atoms with Gasteiger partial charge in [-0.2, -0.15) is 0 Å². The number of hydrogen-bond donors (Lipinski definition) is 0. The summed E-state index contributed by atoms with van der Waals surface area (Å²) in [6, 6.07) is 11.4. The number of aromatic nitrogens is 1. The molecular formula is C14H11NO4. The van der Waals surface area contributed by atoms with Crippen LogP contribution in [0.15, 0.2) is 48.7 Å². The maximum atomic E-state index is 11.8. The summed E-state index contributed by atoms with van der Waals surface area (Å²) in [7, 11) is 0. The first-order valence-electron chi connectivity index (χ1n) is 5.57. The van der Waals surface area contributed by atoms with Gasteiger partial charge >= 0.3 is 11.9 Å². The third kappa shape index (κ3) is 3.64. The Morgan fingerprint density at radius 3 is 2.47 bits per heavy atom. The standard InChI is InChI=1S/C14H11NO4/c1-10(16)18-12-7-8-15-13(9-12)19-14(17)11-5-3-2-4-6-11/h2-9H,1H3. The Balaban J connectivity index is 2.11. The molecule has 2 aromatic rings. The van der Waals surface area contributed by atoms with E-state index >= 15 is 0 Å². The molecule has 1 aromatic carbocycles. The molecule has 0 radical (unpaired) electrons. The number of ether oxygens (including phenoxy) is 2. The molecule has 0 aliphatic rings. The van der Waals surface area contributed by atoms with Crippen LogP contribution in [0.25, 0.3) is 0 Å². The van der Waals surface area contributed by atoms with Crippen molar-refractivity contribution in [1.82, 2.24) is 4.98 Å². The van der Waals surface area contributed by atoms with Crippen molar-refractivity contribution in [2.24, 2.45) is 0 Å². The van der Waals surface area contributed by atoms with Crippen molar-refractivity contribution >= 4 is 11.9 Å². The van der Waals surface area contributed by atoms with Crippen LogP contribution in [0.4, 0.5) is 0 Å². The molecule has 0 aliphatic heterocycles. The predicted octanol–water partition coefficient (Wildman–Crippen LogP) is 2.23. The van der Waals surface area contributed by atoms with E-state index in [1.165, 1.54) is 25.3 Å². The highest BCUT2D eigenvalue weighted by Crippen LogP contribution is 2.17. The molecule has 0 N–H and O–H groups in total. The average Bonchev–Trinajstić information content (AvgIpc) is 2.39. The topological polar surface area (TPSA) is 65.5 Å². The van der Waals surface area contributed by atoms with Crippen LogP contribution in [0, 0.1) is 0 Å². The Labute approximate surface area is 109 Å². The minimum Gasteiger partial charge on any atom is -0.426 e. The van der Waals surface area contributed by atoms with E-state index in [2.05, 4.69) is 4.98 Å². The van der Waals surface area contributed by atoms with Gasteiger partial charge in [0, 0.05) is 19.2 Å². The lowest BCUT2D eigenvalue weighted by atomic mass is 10.2. The van der Waals surface area contributed by atoms with Gasteiger partial charge in [-0.3, -0.25) is 4.79 Å². The van der Waals surface area contributed by atoms with Crippen LogP contribution in [-0.4, -0.2) is 16.9 Å². The van der Waals surface area contributed by atoms with E-state index in [0.29, 0.717) is 5.56 Å². The van der Waals surface area contributed by atoms with Gasteiger partial charge in [0.15, 0.2) is 0 Å². The normalized spacial score (nSPS) is 9.74. The van der Waals surface area contributed by atoms with E-state index in [9.17, 15) is 9.59 Å². The number of rotatable bonds is 3. The molecule has 96 valence electrons. The number of hydrogen-bond acceptors (Lipinski definition) is 5. The highest BCUT2D eigenvalue weighted by Gasteiger charge is 2.09. The first-order chi connectivity index (χ1) is 9.15. The van der Waals surface area contributed by atoms with Gasteiger partial charge in [0.25, 0.3) is 0 Å². The van der Waals surface area contributed by atoms with Crippen LogP contribution in [0.5, 0.6) is 11.6 Å². The third-order valence-corrected chi connectivity index (χ3v) is 2.17. The number of pyridine rings is 1. The quantitative estimate of drug-likeness (QED) is 0.789. The summed E-state index contributed by atoms with van der Waals surface area (Å²) in [5.74, 6) is -0.620. The first-order valence-corrected chi connectivity index (χ1v) is 5.57. The lowest BCUT2D eigenvalue weighted by Gasteiger charge is -2.05. The molecule has 0 atom stereocenters. The fraction of sp³-hybridized carbons (Fsp3) is 0.0714. The second-order valence-electron chi connectivity index (χ2n) is 3.68.